The van der Waals surface area contributed by atoms with E-state index in [2.05, 4.69) is 26.2 Å². The van der Waals surface area contributed by atoms with Gasteiger partial charge in [-0.15, -0.1) is 34.4 Å². The first-order valence-corrected chi connectivity index (χ1v) is 6.61. The largest absolute Gasteiger partial charge is 0.139 e. The van der Waals surface area contributed by atoms with E-state index in [0.29, 0.717) is 0 Å². The molecule has 0 bridgehead atoms. The number of fused-ring (bicyclic) bond motifs is 1. The van der Waals surface area contributed by atoms with Crippen molar-refractivity contribution in [3.05, 3.63) is 16.5 Å². The maximum atomic E-state index is 2.29. The molecule has 0 amide bonds. The molecule has 0 fully saturated rings. The van der Waals surface area contributed by atoms with E-state index < -0.39 is 0 Å². The van der Waals surface area contributed by atoms with E-state index in [1.165, 1.54) is 24.0 Å². The minimum atomic E-state index is 1.42. The molecular weight excluding hydrogens is 204 g/mol. The van der Waals surface area contributed by atoms with Crippen LogP contribution in [-0.2, 0) is 0 Å². The second kappa shape index (κ2) is 3.05. The molecule has 12 heavy (non-hydrogen) atoms. The van der Waals surface area contributed by atoms with E-state index in [1.54, 1.807) is 0 Å². The third kappa shape index (κ3) is 1.20. The third-order valence-corrected chi connectivity index (χ3v) is 5.62. The summed E-state index contributed by atoms with van der Waals surface area (Å²) in [6.45, 7) is 4.40. The molecule has 0 aliphatic rings. The smallest absolute Gasteiger partial charge is 0.0646 e. The van der Waals surface area contributed by atoms with E-state index in [0.717, 1.165) is 0 Å². The molecule has 0 saturated heterocycles. The highest BCUT2D eigenvalue weighted by Gasteiger charge is 2.09. The molecule has 0 N–H and O–H groups in total. The van der Waals surface area contributed by atoms with Gasteiger partial charge in [0.05, 0.1) is 4.21 Å². The fraction of sp³-hybridized carbons (Fsp3) is 0.333. The predicted octanol–water partition coefficient (Wildman–Crippen LogP) is 4.30. The monoisotopic (exact) mass is 214 g/mol. The van der Waals surface area contributed by atoms with Crippen LogP contribution in [0.3, 0.4) is 0 Å². The number of aryl methyl sites for hydroxylation is 2. The Balaban J connectivity index is 2.74. The fourth-order valence-electron chi connectivity index (χ4n) is 1.29. The van der Waals surface area contributed by atoms with Gasteiger partial charge >= 0.3 is 0 Å². The van der Waals surface area contributed by atoms with E-state index in [4.69, 9.17) is 0 Å². The number of hydrogen-bond acceptors (Lipinski definition) is 3. The summed E-state index contributed by atoms with van der Waals surface area (Å²) >= 11 is 5.69. The molecule has 2 aromatic rings. The Hall–Kier alpha value is 0.01000. The van der Waals surface area contributed by atoms with Crippen LogP contribution in [0.4, 0.5) is 0 Å². The predicted molar refractivity (Wildman–Crippen MR) is 61.0 cm³/mol. The lowest BCUT2D eigenvalue weighted by atomic mass is 10.3. The van der Waals surface area contributed by atoms with E-state index in [9.17, 15) is 0 Å². The summed E-state index contributed by atoms with van der Waals surface area (Å²) in [5.41, 5.74) is 1.47. The maximum absolute atomic E-state index is 2.29. The lowest BCUT2D eigenvalue weighted by Crippen LogP contribution is -1.64. The Morgan fingerprint density at radius 3 is 2.58 bits per heavy atom. The topological polar surface area (TPSA) is 0 Å². The molecule has 2 rings (SSSR count). The summed E-state index contributed by atoms with van der Waals surface area (Å²) in [6.07, 6.45) is 2.15. The van der Waals surface area contributed by atoms with Crippen molar-refractivity contribution < 1.29 is 0 Å². The SMILES string of the molecule is CSc1sc2cc(C)sc2c1C. The molecular formula is C9H10S3. The van der Waals surface area contributed by atoms with Crippen molar-refractivity contribution >= 4 is 43.8 Å². The van der Waals surface area contributed by atoms with Gasteiger partial charge in [-0.3, -0.25) is 0 Å². The van der Waals surface area contributed by atoms with E-state index in [-0.39, 0.29) is 0 Å². The van der Waals surface area contributed by atoms with Gasteiger partial charge in [0.25, 0.3) is 0 Å². The first-order valence-electron chi connectivity index (χ1n) is 3.76. The van der Waals surface area contributed by atoms with Crippen LogP contribution in [0.5, 0.6) is 0 Å². The van der Waals surface area contributed by atoms with Gasteiger partial charge in [0.1, 0.15) is 0 Å². The fourth-order valence-corrected chi connectivity index (χ4v) is 4.61. The van der Waals surface area contributed by atoms with Crippen molar-refractivity contribution in [3.63, 3.8) is 0 Å². The van der Waals surface area contributed by atoms with Gasteiger partial charge in [0.2, 0.25) is 0 Å². The molecule has 0 atom stereocenters. The second-order valence-electron chi connectivity index (χ2n) is 2.77. The van der Waals surface area contributed by atoms with Crippen LogP contribution in [0.25, 0.3) is 9.40 Å². The van der Waals surface area contributed by atoms with Crippen molar-refractivity contribution in [3.8, 4) is 0 Å². The van der Waals surface area contributed by atoms with Crippen LogP contribution < -0.4 is 0 Å². The van der Waals surface area contributed by atoms with Crippen molar-refractivity contribution in [2.75, 3.05) is 6.26 Å². The van der Waals surface area contributed by atoms with Crippen molar-refractivity contribution in [2.24, 2.45) is 0 Å². The van der Waals surface area contributed by atoms with Gasteiger partial charge in [-0.2, -0.15) is 0 Å². The van der Waals surface area contributed by atoms with Gasteiger partial charge in [-0.25, -0.2) is 0 Å². The zero-order valence-corrected chi connectivity index (χ0v) is 9.75. The molecule has 0 nitrogen and oxygen atoms in total. The van der Waals surface area contributed by atoms with Crippen molar-refractivity contribution in [1.82, 2.24) is 0 Å². The first kappa shape index (κ1) is 8.60. The number of rotatable bonds is 1. The Morgan fingerprint density at radius 2 is 2.00 bits per heavy atom. The van der Waals surface area contributed by atoms with Gasteiger partial charge in [0.15, 0.2) is 0 Å². The van der Waals surface area contributed by atoms with Crippen LogP contribution in [-0.4, -0.2) is 6.26 Å². The Morgan fingerprint density at radius 1 is 1.25 bits per heavy atom. The summed E-state index contributed by atoms with van der Waals surface area (Å²) in [7, 11) is 0. The normalized spacial score (nSPS) is 11.2. The Bertz CT molecular complexity index is 408. The average Bonchev–Trinajstić information content (AvgIpc) is 2.51. The molecule has 0 radical (unpaired) electrons. The molecule has 0 aromatic carbocycles. The van der Waals surface area contributed by atoms with Gasteiger partial charge < -0.3 is 0 Å². The molecule has 0 aliphatic heterocycles. The zero-order valence-electron chi connectivity index (χ0n) is 7.30. The highest BCUT2D eigenvalue weighted by Crippen LogP contribution is 2.40. The zero-order chi connectivity index (χ0) is 8.72. The summed E-state index contributed by atoms with van der Waals surface area (Å²) in [4.78, 5) is 1.42. The quantitative estimate of drug-likeness (QED) is 0.638. The minimum absolute atomic E-state index is 1.42. The molecule has 2 heterocycles. The van der Waals surface area contributed by atoms with Gasteiger partial charge in [0, 0.05) is 14.3 Å². The molecule has 2 aromatic heterocycles. The minimum Gasteiger partial charge on any atom is -0.139 e. The Kier molecular flexibility index (Phi) is 2.19. The molecule has 0 aliphatic carbocycles. The summed E-state index contributed by atoms with van der Waals surface area (Å²) < 4.78 is 4.41. The number of thioether (sulfide) groups is 1. The van der Waals surface area contributed by atoms with Gasteiger partial charge in [-0.05, 0) is 31.7 Å². The lowest BCUT2D eigenvalue weighted by Gasteiger charge is -1.90. The van der Waals surface area contributed by atoms with Crippen LogP contribution in [0.1, 0.15) is 10.4 Å². The average molecular weight is 214 g/mol. The van der Waals surface area contributed by atoms with Crippen molar-refractivity contribution in [1.29, 1.82) is 0 Å². The van der Waals surface area contributed by atoms with Crippen molar-refractivity contribution in [2.45, 2.75) is 18.1 Å². The highest BCUT2D eigenvalue weighted by atomic mass is 32.2. The van der Waals surface area contributed by atoms with Crippen LogP contribution in [0.15, 0.2) is 10.3 Å². The van der Waals surface area contributed by atoms with E-state index in [1.807, 2.05) is 34.4 Å². The van der Waals surface area contributed by atoms with Crippen LogP contribution >= 0.6 is 34.4 Å². The molecule has 3 heteroatoms. The molecule has 0 saturated carbocycles. The summed E-state index contributed by atoms with van der Waals surface area (Å²) in [5, 5.41) is 0. The first-order chi connectivity index (χ1) is 5.72. The van der Waals surface area contributed by atoms with E-state index >= 15 is 0 Å². The molecule has 0 unspecified atom stereocenters. The lowest BCUT2D eigenvalue weighted by molar-refractivity contribution is 1.48. The summed E-state index contributed by atoms with van der Waals surface area (Å²) in [6, 6.07) is 2.29. The number of hydrogen-bond donors (Lipinski definition) is 0. The molecule has 0 spiro atoms. The highest BCUT2D eigenvalue weighted by molar-refractivity contribution is 8.00. The standard InChI is InChI=1S/C9H10S3/c1-5-4-7-8(11-5)6(2)9(10-3)12-7/h4H,1-3H3. The Labute approximate surface area is 84.6 Å². The molecule has 64 valence electrons. The number of thiophene rings is 2. The van der Waals surface area contributed by atoms with Crippen LogP contribution in [0, 0.1) is 13.8 Å². The van der Waals surface area contributed by atoms with Crippen LogP contribution in [0.2, 0.25) is 0 Å². The summed E-state index contributed by atoms with van der Waals surface area (Å²) in [5.74, 6) is 0. The third-order valence-electron chi connectivity index (χ3n) is 1.86. The second-order valence-corrected chi connectivity index (χ2v) is 6.15. The van der Waals surface area contributed by atoms with Gasteiger partial charge in [-0.1, -0.05) is 0 Å². The maximum Gasteiger partial charge on any atom is 0.0646 e.